The van der Waals surface area contributed by atoms with E-state index in [1.165, 1.54) is 11.1 Å². The standard InChI is InChI=1S/C18H20Cl2O/c19-13-5-9-15-7-1-3-11-17(15)21-18-12-4-2-8-16(18)10-6-14-20/h1-4,7-8,11-12H,5-6,9-10,13-14H2. The van der Waals surface area contributed by atoms with Gasteiger partial charge in [0.15, 0.2) is 0 Å². The molecular weight excluding hydrogens is 303 g/mol. The number of para-hydroxylation sites is 2. The summed E-state index contributed by atoms with van der Waals surface area (Å²) in [4.78, 5) is 0. The van der Waals surface area contributed by atoms with Crippen molar-refractivity contribution in [2.75, 3.05) is 11.8 Å². The van der Waals surface area contributed by atoms with Gasteiger partial charge < -0.3 is 4.74 Å². The minimum absolute atomic E-state index is 0.667. The summed E-state index contributed by atoms with van der Waals surface area (Å²) in [5, 5.41) is 0. The first-order chi connectivity index (χ1) is 10.3. The van der Waals surface area contributed by atoms with Crippen LogP contribution in [-0.2, 0) is 12.8 Å². The molecule has 3 heteroatoms. The highest BCUT2D eigenvalue weighted by atomic mass is 35.5. The predicted molar refractivity (Wildman–Crippen MR) is 91.0 cm³/mol. The lowest BCUT2D eigenvalue weighted by atomic mass is 10.1. The number of halogens is 2. The van der Waals surface area contributed by atoms with Crippen LogP contribution in [0.15, 0.2) is 48.5 Å². The Bertz CT molecular complexity index is 505. The molecule has 0 N–H and O–H groups in total. The fourth-order valence-electron chi connectivity index (χ4n) is 2.25. The van der Waals surface area contributed by atoms with Gasteiger partial charge in [0.1, 0.15) is 11.5 Å². The van der Waals surface area contributed by atoms with Crippen molar-refractivity contribution in [2.24, 2.45) is 0 Å². The van der Waals surface area contributed by atoms with E-state index in [9.17, 15) is 0 Å². The first-order valence-electron chi connectivity index (χ1n) is 7.30. The van der Waals surface area contributed by atoms with Crippen molar-refractivity contribution in [1.82, 2.24) is 0 Å². The topological polar surface area (TPSA) is 9.23 Å². The van der Waals surface area contributed by atoms with E-state index < -0.39 is 0 Å². The van der Waals surface area contributed by atoms with E-state index in [0.717, 1.165) is 37.2 Å². The van der Waals surface area contributed by atoms with Crippen LogP contribution in [0.25, 0.3) is 0 Å². The van der Waals surface area contributed by atoms with Gasteiger partial charge in [0.25, 0.3) is 0 Å². The van der Waals surface area contributed by atoms with Gasteiger partial charge in [-0.25, -0.2) is 0 Å². The molecule has 0 aliphatic carbocycles. The molecule has 0 radical (unpaired) electrons. The molecule has 0 heterocycles. The van der Waals surface area contributed by atoms with Gasteiger partial charge in [-0.1, -0.05) is 36.4 Å². The quantitative estimate of drug-likeness (QED) is 0.556. The van der Waals surface area contributed by atoms with Crippen molar-refractivity contribution in [2.45, 2.75) is 25.7 Å². The summed E-state index contributed by atoms with van der Waals surface area (Å²) < 4.78 is 6.15. The fraction of sp³-hybridized carbons (Fsp3) is 0.333. The zero-order valence-electron chi connectivity index (χ0n) is 12.0. The Morgan fingerprint density at radius 1 is 0.667 bits per heavy atom. The molecule has 0 fully saturated rings. The Balaban J connectivity index is 2.18. The fourth-order valence-corrected chi connectivity index (χ4v) is 2.52. The van der Waals surface area contributed by atoms with Crippen LogP contribution in [0.2, 0.25) is 0 Å². The van der Waals surface area contributed by atoms with E-state index in [0.29, 0.717) is 11.8 Å². The monoisotopic (exact) mass is 322 g/mol. The van der Waals surface area contributed by atoms with Crippen molar-refractivity contribution < 1.29 is 4.74 Å². The third kappa shape index (κ3) is 4.94. The normalized spacial score (nSPS) is 10.6. The molecule has 0 saturated carbocycles. The zero-order chi connectivity index (χ0) is 14.9. The minimum Gasteiger partial charge on any atom is -0.457 e. The second kappa shape index (κ2) is 8.96. The molecule has 2 rings (SSSR count). The Morgan fingerprint density at radius 3 is 1.52 bits per heavy atom. The Kier molecular flexibility index (Phi) is 6.91. The molecule has 0 atom stereocenters. The molecule has 0 bridgehead atoms. The van der Waals surface area contributed by atoms with Crippen molar-refractivity contribution in [3.63, 3.8) is 0 Å². The largest absolute Gasteiger partial charge is 0.457 e. The molecule has 0 spiro atoms. The number of benzene rings is 2. The number of aryl methyl sites for hydroxylation is 2. The number of alkyl halides is 2. The summed E-state index contributed by atoms with van der Waals surface area (Å²) in [7, 11) is 0. The predicted octanol–water partition coefficient (Wildman–Crippen LogP) is 5.82. The molecular formula is C18H20Cl2O. The Labute approximate surface area is 136 Å². The van der Waals surface area contributed by atoms with Gasteiger partial charge in [-0.2, -0.15) is 0 Å². The summed E-state index contributed by atoms with van der Waals surface area (Å²) in [5.74, 6) is 3.17. The van der Waals surface area contributed by atoms with Crippen LogP contribution >= 0.6 is 23.2 Å². The lowest BCUT2D eigenvalue weighted by Crippen LogP contribution is -1.96. The maximum Gasteiger partial charge on any atom is 0.130 e. The molecule has 2 aromatic carbocycles. The van der Waals surface area contributed by atoms with Crippen LogP contribution in [0.5, 0.6) is 11.5 Å². The average Bonchev–Trinajstić information content (AvgIpc) is 2.53. The molecule has 0 saturated heterocycles. The number of hydrogen-bond acceptors (Lipinski definition) is 1. The van der Waals surface area contributed by atoms with Crippen molar-refractivity contribution in [3.05, 3.63) is 59.7 Å². The summed E-state index contributed by atoms with van der Waals surface area (Å²) in [6, 6.07) is 16.3. The van der Waals surface area contributed by atoms with Gasteiger partial charge in [-0.05, 0) is 48.9 Å². The molecule has 21 heavy (non-hydrogen) atoms. The summed E-state index contributed by atoms with van der Waals surface area (Å²) >= 11 is 11.6. The van der Waals surface area contributed by atoms with Crippen molar-refractivity contribution in [1.29, 1.82) is 0 Å². The van der Waals surface area contributed by atoms with E-state index >= 15 is 0 Å². The number of rotatable bonds is 8. The summed E-state index contributed by atoms with van der Waals surface area (Å²) in [5.41, 5.74) is 2.40. The molecule has 0 aliphatic rings. The Hall–Kier alpha value is -1.18. The highest BCUT2D eigenvalue weighted by molar-refractivity contribution is 6.18. The third-order valence-electron chi connectivity index (χ3n) is 3.32. The molecule has 2 aromatic rings. The second-order valence-corrected chi connectivity index (χ2v) is 5.66. The maximum absolute atomic E-state index is 6.15. The van der Waals surface area contributed by atoms with Gasteiger partial charge in [0, 0.05) is 11.8 Å². The molecule has 0 aliphatic heterocycles. The van der Waals surface area contributed by atoms with Crippen molar-refractivity contribution in [3.8, 4) is 11.5 Å². The average molecular weight is 323 g/mol. The SMILES string of the molecule is ClCCCc1ccccc1Oc1ccccc1CCCCl. The second-order valence-electron chi connectivity index (χ2n) is 4.90. The van der Waals surface area contributed by atoms with Crippen LogP contribution < -0.4 is 4.74 Å². The van der Waals surface area contributed by atoms with E-state index in [-0.39, 0.29) is 0 Å². The van der Waals surface area contributed by atoms with Gasteiger partial charge in [-0.3, -0.25) is 0 Å². The molecule has 0 aromatic heterocycles. The van der Waals surface area contributed by atoms with Crippen LogP contribution in [0.1, 0.15) is 24.0 Å². The van der Waals surface area contributed by atoms with Gasteiger partial charge >= 0.3 is 0 Å². The first-order valence-corrected chi connectivity index (χ1v) is 8.37. The van der Waals surface area contributed by atoms with Gasteiger partial charge in [0.2, 0.25) is 0 Å². The first kappa shape index (κ1) is 16.2. The Morgan fingerprint density at radius 2 is 1.10 bits per heavy atom. The van der Waals surface area contributed by atoms with Crippen LogP contribution in [0.3, 0.4) is 0 Å². The smallest absolute Gasteiger partial charge is 0.130 e. The maximum atomic E-state index is 6.15. The van der Waals surface area contributed by atoms with Crippen LogP contribution in [0, 0.1) is 0 Å². The van der Waals surface area contributed by atoms with E-state index in [4.69, 9.17) is 27.9 Å². The third-order valence-corrected chi connectivity index (χ3v) is 3.86. The van der Waals surface area contributed by atoms with Gasteiger partial charge in [0.05, 0.1) is 0 Å². The lowest BCUT2D eigenvalue weighted by molar-refractivity contribution is 0.469. The van der Waals surface area contributed by atoms with E-state index in [1.807, 2.05) is 36.4 Å². The van der Waals surface area contributed by atoms with E-state index in [2.05, 4.69) is 12.1 Å². The van der Waals surface area contributed by atoms with Crippen LogP contribution in [0.4, 0.5) is 0 Å². The molecule has 0 amide bonds. The highest BCUT2D eigenvalue weighted by Gasteiger charge is 2.07. The zero-order valence-corrected chi connectivity index (χ0v) is 13.5. The van der Waals surface area contributed by atoms with Crippen molar-refractivity contribution >= 4 is 23.2 Å². The van der Waals surface area contributed by atoms with Crippen LogP contribution in [-0.4, -0.2) is 11.8 Å². The summed E-state index contributed by atoms with van der Waals surface area (Å²) in [6.45, 7) is 0. The van der Waals surface area contributed by atoms with E-state index in [1.54, 1.807) is 0 Å². The van der Waals surface area contributed by atoms with Gasteiger partial charge in [-0.15, -0.1) is 23.2 Å². The highest BCUT2D eigenvalue weighted by Crippen LogP contribution is 2.29. The molecule has 1 nitrogen and oxygen atoms in total. The summed E-state index contributed by atoms with van der Waals surface area (Å²) in [6.07, 6.45) is 3.78. The molecule has 112 valence electrons. The number of ether oxygens (including phenoxy) is 1. The minimum atomic E-state index is 0.667. The lowest BCUT2D eigenvalue weighted by Gasteiger charge is -2.14. The molecule has 0 unspecified atom stereocenters. The number of hydrogen-bond donors (Lipinski definition) is 0.